The highest BCUT2D eigenvalue weighted by Crippen LogP contribution is 2.38. The van der Waals surface area contributed by atoms with Gasteiger partial charge in [0.2, 0.25) is 11.2 Å². The second-order valence-electron chi connectivity index (χ2n) is 7.28. The first-order valence-electron chi connectivity index (χ1n) is 10.1. The fourth-order valence-electron chi connectivity index (χ4n) is 3.17. The minimum absolute atomic E-state index is 0.0993. The number of carbonyl (C=O) groups excluding carboxylic acids is 1. The van der Waals surface area contributed by atoms with Gasteiger partial charge in [-0.2, -0.15) is 13.2 Å². The highest BCUT2D eigenvalue weighted by Gasteiger charge is 2.40. The minimum Gasteiger partial charge on any atom is -0.489 e. The fraction of sp³-hybridized carbons (Fsp3) is 0.120. The molecule has 180 valence electrons. The van der Waals surface area contributed by atoms with E-state index in [4.69, 9.17) is 25.5 Å². The molecule has 4 rings (SSSR count). The number of esters is 1. The van der Waals surface area contributed by atoms with Crippen LogP contribution in [0.25, 0.3) is 11.0 Å². The van der Waals surface area contributed by atoms with Crippen molar-refractivity contribution in [3.05, 3.63) is 98.9 Å². The lowest BCUT2D eigenvalue weighted by atomic mass is 10.2. The Labute approximate surface area is 201 Å². The Kier molecular flexibility index (Phi) is 6.70. The van der Waals surface area contributed by atoms with Gasteiger partial charge in [0.25, 0.3) is 5.76 Å². The molecule has 0 spiro atoms. The molecule has 1 heterocycles. The second kappa shape index (κ2) is 9.71. The summed E-state index contributed by atoms with van der Waals surface area (Å²) in [5.41, 5.74) is -0.384. The quantitative estimate of drug-likeness (QED) is 0.275. The monoisotopic (exact) mass is 504 g/mol. The van der Waals surface area contributed by atoms with Crippen LogP contribution >= 0.6 is 11.6 Å². The van der Waals surface area contributed by atoms with Gasteiger partial charge in [-0.1, -0.05) is 23.7 Å². The van der Waals surface area contributed by atoms with E-state index in [0.29, 0.717) is 5.02 Å². The zero-order chi connectivity index (χ0) is 25.2. The SMILES string of the molecule is COC(=O)c1ccc(Oc2c(C(F)(F)F)oc3cc(OCc4ccc(Cl)cc4)ccc3c2=O)cc1. The summed E-state index contributed by atoms with van der Waals surface area (Å²) in [5.74, 6) is -3.15. The van der Waals surface area contributed by atoms with E-state index in [2.05, 4.69) is 4.74 Å². The van der Waals surface area contributed by atoms with Crippen molar-refractivity contribution in [2.45, 2.75) is 12.8 Å². The largest absolute Gasteiger partial charge is 0.489 e. The number of hydrogen-bond acceptors (Lipinski definition) is 6. The van der Waals surface area contributed by atoms with Crippen LogP contribution in [0.3, 0.4) is 0 Å². The third-order valence-electron chi connectivity index (χ3n) is 4.89. The fourth-order valence-corrected chi connectivity index (χ4v) is 3.29. The standard InChI is InChI=1S/C25H16ClF3O6/c1-32-24(31)15-4-8-17(9-5-15)34-22-21(30)19-11-10-18(12-20(19)35-23(22)25(27,28)29)33-13-14-2-6-16(26)7-3-14/h2-12H,13H2,1H3. The normalized spacial score (nSPS) is 11.3. The minimum atomic E-state index is -5.02. The number of carbonyl (C=O) groups is 1. The molecule has 0 amide bonds. The van der Waals surface area contributed by atoms with Gasteiger partial charge in [-0.15, -0.1) is 0 Å². The van der Waals surface area contributed by atoms with Crippen LogP contribution in [0.2, 0.25) is 5.02 Å². The average molecular weight is 505 g/mol. The van der Waals surface area contributed by atoms with E-state index >= 15 is 0 Å². The first-order valence-corrected chi connectivity index (χ1v) is 10.4. The number of rotatable bonds is 6. The molecular weight excluding hydrogens is 489 g/mol. The molecule has 0 bridgehead atoms. The van der Waals surface area contributed by atoms with E-state index in [-0.39, 0.29) is 34.6 Å². The van der Waals surface area contributed by atoms with E-state index in [1.807, 2.05) is 0 Å². The summed E-state index contributed by atoms with van der Waals surface area (Å²) in [6.07, 6.45) is -5.02. The third kappa shape index (κ3) is 5.41. The Morgan fingerprint density at radius 2 is 1.63 bits per heavy atom. The van der Waals surface area contributed by atoms with Crippen molar-refractivity contribution in [2.75, 3.05) is 7.11 Å². The van der Waals surface area contributed by atoms with Crippen LogP contribution in [-0.4, -0.2) is 13.1 Å². The van der Waals surface area contributed by atoms with Gasteiger partial charge in [-0.25, -0.2) is 4.79 Å². The predicted octanol–water partition coefficient (Wildman–Crippen LogP) is 6.62. The first kappa shape index (κ1) is 24.2. The second-order valence-corrected chi connectivity index (χ2v) is 7.71. The number of hydrogen-bond donors (Lipinski definition) is 0. The lowest BCUT2D eigenvalue weighted by Gasteiger charge is -2.14. The van der Waals surface area contributed by atoms with Gasteiger partial charge in [0.1, 0.15) is 23.7 Å². The highest BCUT2D eigenvalue weighted by molar-refractivity contribution is 6.30. The van der Waals surface area contributed by atoms with Crippen molar-refractivity contribution in [1.82, 2.24) is 0 Å². The number of methoxy groups -OCH3 is 1. The number of fused-ring (bicyclic) bond motifs is 1. The van der Waals surface area contributed by atoms with Gasteiger partial charge in [0, 0.05) is 11.1 Å². The van der Waals surface area contributed by atoms with Crippen LogP contribution < -0.4 is 14.9 Å². The summed E-state index contributed by atoms with van der Waals surface area (Å²) in [6.45, 7) is 0.127. The van der Waals surface area contributed by atoms with Crippen molar-refractivity contribution >= 4 is 28.5 Å². The average Bonchev–Trinajstić information content (AvgIpc) is 2.84. The molecule has 0 aliphatic carbocycles. The Morgan fingerprint density at radius 1 is 0.971 bits per heavy atom. The molecule has 10 heteroatoms. The van der Waals surface area contributed by atoms with Crippen molar-refractivity contribution in [1.29, 1.82) is 0 Å². The van der Waals surface area contributed by atoms with Crippen LogP contribution in [0.4, 0.5) is 13.2 Å². The number of benzene rings is 3. The Hall–Kier alpha value is -3.98. The first-order chi connectivity index (χ1) is 16.7. The van der Waals surface area contributed by atoms with Crippen LogP contribution in [0, 0.1) is 0 Å². The van der Waals surface area contributed by atoms with Crippen molar-refractivity contribution in [3.63, 3.8) is 0 Å². The maximum Gasteiger partial charge on any atom is 0.453 e. The predicted molar refractivity (Wildman–Crippen MR) is 121 cm³/mol. The highest BCUT2D eigenvalue weighted by atomic mass is 35.5. The molecule has 0 aliphatic heterocycles. The van der Waals surface area contributed by atoms with Crippen LogP contribution in [0.5, 0.6) is 17.2 Å². The Bertz CT molecular complexity index is 1430. The Morgan fingerprint density at radius 3 is 2.26 bits per heavy atom. The van der Waals surface area contributed by atoms with Gasteiger partial charge in [-0.3, -0.25) is 4.79 Å². The number of halogens is 4. The van der Waals surface area contributed by atoms with Crippen molar-refractivity contribution in [3.8, 4) is 17.2 Å². The molecule has 0 aliphatic rings. The third-order valence-corrected chi connectivity index (χ3v) is 5.15. The molecule has 0 saturated heterocycles. The lowest BCUT2D eigenvalue weighted by molar-refractivity contribution is -0.154. The summed E-state index contributed by atoms with van der Waals surface area (Å²) in [7, 11) is 1.19. The zero-order valence-electron chi connectivity index (χ0n) is 18.0. The maximum atomic E-state index is 13.8. The molecule has 0 fully saturated rings. The van der Waals surface area contributed by atoms with Gasteiger partial charge in [-0.05, 0) is 54.1 Å². The molecule has 0 unspecified atom stereocenters. The van der Waals surface area contributed by atoms with Crippen LogP contribution in [-0.2, 0) is 17.5 Å². The Balaban J connectivity index is 1.68. The van der Waals surface area contributed by atoms with Gasteiger partial charge in [0.15, 0.2) is 0 Å². The maximum absolute atomic E-state index is 13.8. The van der Waals surface area contributed by atoms with E-state index in [1.54, 1.807) is 24.3 Å². The summed E-state index contributed by atoms with van der Waals surface area (Å²) in [4.78, 5) is 24.5. The summed E-state index contributed by atoms with van der Waals surface area (Å²) >= 11 is 5.85. The topological polar surface area (TPSA) is 75.0 Å². The molecular formula is C25H16ClF3O6. The smallest absolute Gasteiger partial charge is 0.453 e. The van der Waals surface area contributed by atoms with Crippen molar-refractivity contribution in [2.24, 2.45) is 0 Å². The molecule has 3 aromatic carbocycles. The lowest BCUT2D eigenvalue weighted by Crippen LogP contribution is -2.15. The molecule has 0 atom stereocenters. The number of alkyl halides is 3. The molecule has 6 nitrogen and oxygen atoms in total. The van der Waals surface area contributed by atoms with Gasteiger partial charge >= 0.3 is 12.1 Å². The molecule has 0 N–H and O–H groups in total. The van der Waals surface area contributed by atoms with Gasteiger partial charge in [0.05, 0.1) is 18.1 Å². The molecule has 35 heavy (non-hydrogen) atoms. The van der Waals surface area contributed by atoms with E-state index < -0.39 is 29.1 Å². The summed E-state index contributed by atoms with van der Waals surface area (Å²) in [5, 5.41) is 0.427. The van der Waals surface area contributed by atoms with Crippen LogP contribution in [0.1, 0.15) is 21.7 Å². The molecule has 0 saturated carbocycles. The molecule has 4 aromatic rings. The van der Waals surface area contributed by atoms with Crippen molar-refractivity contribution < 1.29 is 36.6 Å². The summed E-state index contributed by atoms with van der Waals surface area (Å²) in [6, 6.07) is 15.9. The zero-order valence-corrected chi connectivity index (χ0v) is 18.8. The summed E-state index contributed by atoms with van der Waals surface area (Å²) < 4.78 is 61.8. The number of ether oxygens (including phenoxy) is 3. The van der Waals surface area contributed by atoms with E-state index in [1.165, 1.54) is 49.6 Å². The van der Waals surface area contributed by atoms with Gasteiger partial charge < -0.3 is 18.6 Å². The van der Waals surface area contributed by atoms with E-state index in [9.17, 15) is 22.8 Å². The van der Waals surface area contributed by atoms with E-state index in [0.717, 1.165) is 5.56 Å². The molecule has 1 aromatic heterocycles. The van der Waals surface area contributed by atoms with Crippen LogP contribution in [0.15, 0.2) is 75.9 Å². The molecule has 0 radical (unpaired) electrons.